The third-order valence-electron chi connectivity index (χ3n) is 3.55. The van der Waals surface area contributed by atoms with Crippen molar-refractivity contribution in [2.24, 2.45) is 5.73 Å². The number of unbranched alkanes of at least 4 members (excludes halogenated alkanes) is 11. The average Bonchev–Trinajstić information content (AvgIpc) is 2.47. The summed E-state index contributed by atoms with van der Waals surface area (Å²) >= 11 is 0. The Hall–Kier alpha value is -0.570. The number of hydrogen-bond donors (Lipinski definition) is 2. The molecule has 0 rings (SSSR count). The van der Waals surface area contributed by atoms with Crippen molar-refractivity contribution in [1.82, 2.24) is 0 Å². The van der Waals surface area contributed by atoms with Gasteiger partial charge in [-0.25, -0.2) is 0 Å². The van der Waals surface area contributed by atoms with Crippen LogP contribution < -0.4 is 5.73 Å². The highest BCUT2D eigenvalue weighted by Crippen LogP contribution is 2.07. The van der Waals surface area contributed by atoms with Gasteiger partial charge in [0.1, 0.15) is 0 Å². The summed E-state index contributed by atoms with van der Waals surface area (Å²) in [7, 11) is 0. The molecule has 0 aromatic rings. The molecule has 0 saturated heterocycles. The number of carbonyl (C=O) groups is 1. The zero-order valence-corrected chi connectivity index (χ0v) is 14.5. The van der Waals surface area contributed by atoms with E-state index >= 15 is 0 Å². The Labute approximate surface area is 132 Å². The van der Waals surface area contributed by atoms with Gasteiger partial charge >= 0.3 is 5.97 Å². The van der Waals surface area contributed by atoms with E-state index in [0.29, 0.717) is 6.42 Å². The number of carboxylic acids is 1. The number of rotatable bonds is 14. The van der Waals surface area contributed by atoms with E-state index in [2.05, 4.69) is 13.8 Å². The zero-order valence-electron chi connectivity index (χ0n) is 14.5. The molecule has 0 atom stereocenters. The highest BCUT2D eigenvalue weighted by molar-refractivity contribution is 5.66. The molecule has 0 fully saturated rings. The van der Waals surface area contributed by atoms with Gasteiger partial charge in [0, 0.05) is 6.42 Å². The molecule has 0 aliphatic carbocycles. The van der Waals surface area contributed by atoms with Crippen molar-refractivity contribution < 1.29 is 9.90 Å². The predicted molar refractivity (Wildman–Crippen MR) is 92.7 cm³/mol. The summed E-state index contributed by atoms with van der Waals surface area (Å²) in [6.07, 6.45) is 16.9. The van der Waals surface area contributed by atoms with Crippen molar-refractivity contribution in [3.8, 4) is 0 Å². The van der Waals surface area contributed by atoms with Crippen LogP contribution in [0.4, 0.5) is 0 Å². The standard InChI is InChI=1S/C10H23N.C8H16O2/c1-2-3-4-5-6-7-8-9-10-11;1-2-3-4-5-6-7-8(9)10/h2-11H2,1H3;2-7H2,1H3,(H,9,10). The first-order valence-electron chi connectivity index (χ1n) is 9.10. The van der Waals surface area contributed by atoms with Gasteiger partial charge < -0.3 is 10.8 Å². The summed E-state index contributed by atoms with van der Waals surface area (Å²) in [4.78, 5) is 10.0. The van der Waals surface area contributed by atoms with Crippen molar-refractivity contribution in [3.05, 3.63) is 0 Å². The first-order chi connectivity index (χ1) is 10.2. The van der Waals surface area contributed by atoms with Crippen molar-refractivity contribution in [1.29, 1.82) is 0 Å². The van der Waals surface area contributed by atoms with Crippen LogP contribution in [-0.4, -0.2) is 17.6 Å². The number of hydrogen-bond acceptors (Lipinski definition) is 2. The molecule has 0 aliphatic heterocycles. The van der Waals surface area contributed by atoms with E-state index in [0.717, 1.165) is 19.4 Å². The van der Waals surface area contributed by atoms with Crippen LogP contribution in [0.1, 0.15) is 104 Å². The second-order valence-electron chi connectivity index (χ2n) is 5.82. The molecule has 0 aliphatic rings. The van der Waals surface area contributed by atoms with Crippen molar-refractivity contribution in [3.63, 3.8) is 0 Å². The third-order valence-corrected chi connectivity index (χ3v) is 3.55. The molecule has 0 spiro atoms. The summed E-state index contributed by atoms with van der Waals surface area (Å²) in [6, 6.07) is 0. The van der Waals surface area contributed by atoms with Crippen LogP contribution in [0.3, 0.4) is 0 Å². The molecule has 3 N–H and O–H groups in total. The van der Waals surface area contributed by atoms with Crippen LogP contribution in [0.2, 0.25) is 0 Å². The summed E-state index contributed by atoms with van der Waals surface area (Å²) in [5.74, 6) is -0.670. The van der Waals surface area contributed by atoms with E-state index in [1.807, 2.05) is 0 Å². The molecular weight excluding hydrogens is 262 g/mol. The maximum absolute atomic E-state index is 10.0. The molecule has 21 heavy (non-hydrogen) atoms. The highest BCUT2D eigenvalue weighted by Gasteiger charge is 1.94. The molecule has 0 amide bonds. The minimum Gasteiger partial charge on any atom is -0.481 e. The van der Waals surface area contributed by atoms with Crippen molar-refractivity contribution in [2.75, 3.05) is 6.54 Å². The smallest absolute Gasteiger partial charge is 0.303 e. The second-order valence-corrected chi connectivity index (χ2v) is 5.82. The first kappa shape index (κ1) is 22.7. The Bertz CT molecular complexity index is 188. The van der Waals surface area contributed by atoms with Gasteiger partial charge in [0.2, 0.25) is 0 Å². The molecule has 0 unspecified atom stereocenters. The van der Waals surface area contributed by atoms with E-state index in [4.69, 9.17) is 10.8 Å². The molecule has 3 heteroatoms. The van der Waals surface area contributed by atoms with E-state index < -0.39 is 5.97 Å². The second kappa shape index (κ2) is 21.7. The van der Waals surface area contributed by atoms with Crippen LogP contribution >= 0.6 is 0 Å². The lowest BCUT2D eigenvalue weighted by atomic mass is 10.1. The first-order valence-corrected chi connectivity index (χ1v) is 9.10. The minimum atomic E-state index is -0.670. The van der Waals surface area contributed by atoms with Gasteiger partial charge in [-0.1, -0.05) is 84.5 Å². The number of carboxylic acid groups (broad SMARTS) is 1. The van der Waals surface area contributed by atoms with Crippen molar-refractivity contribution >= 4 is 5.97 Å². The fourth-order valence-electron chi connectivity index (χ4n) is 2.16. The minimum absolute atomic E-state index is 0.337. The lowest BCUT2D eigenvalue weighted by molar-refractivity contribution is -0.137. The van der Waals surface area contributed by atoms with Crippen molar-refractivity contribution in [2.45, 2.75) is 104 Å². The molecule has 128 valence electrons. The Morgan fingerprint density at radius 1 is 0.714 bits per heavy atom. The van der Waals surface area contributed by atoms with Gasteiger partial charge in [-0.3, -0.25) is 4.79 Å². The summed E-state index contributed by atoms with van der Waals surface area (Å²) in [6.45, 7) is 5.28. The van der Waals surface area contributed by atoms with Crippen LogP contribution in [0.5, 0.6) is 0 Å². The average molecular weight is 302 g/mol. The maximum atomic E-state index is 10.0. The van der Waals surface area contributed by atoms with E-state index in [1.165, 1.54) is 70.6 Å². The normalized spacial score (nSPS) is 10.0. The fraction of sp³-hybridized carbons (Fsp3) is 0.944. The maximum Gasteiger partial charge on any atom is 0.303 e. The van der Waals surface area contributed by atoms with Gasteiger partial charge in [-0.2, -0.15) is 0 Å². The van der Waals surface area contributed by atoms with Crippen LogP contribution in [0.25, 0.3) is 0 Å². The highest BCUT2D eigenvalue weighted by atomic mass is 16.4. The third kappa shape index (κ3) is 28.3. The molecule has 0 aromatic carbocycles. The van der Waals surface area contributed by atoms with Crippen LogP contribution in [0.15, 0.2) is 0 Å². The summed E-state index contributed by atoms with van der Waals surface area (Å²) in [5, 5.41) is 8.27. The lowest BCUT2D eigenvalue weighted by Crippen LogP contribution is -1.97. The van der Waals surface area contributed by atoms with Gasteiger partial charge in [-0.15, -0.1) is 0 Å². The zero-order chi connectivity index (χ0) is 16.2. The molecule has 0 bridgehead atoms. The topological polar surface area (TPSA) is 63.3 Å². The van der Waals surface area contributed by atoms with Crippen LogP contribution in [-0.2, 0) is 4.79 Å². The summed E-state index contributed by atoms with van der Waals surface area (Å²) < 4.78 is 0. The molecule has 3 nitrogen and oxygen atoms in total. The van der Waals surface area contributed by atoms with E-state index in [1.54, 1.807) is 0 Å². The Kier molecular flexibility index (Phi) is 23.5. The quantitative estimate of drug-likeness (QED) is 0.415. The van der Waals surface area contributed by atoms with Crippen LogP contribution in [0, 0.1) is 0 Å². The van der Waals surface area contributed by atoms with E-state index in [9.17, 15) is 4.79 Å². The Morgan fingerprint density at radius 2 is 1.10 bits per heavy atom. The Morgan fingerprint density at radius 3 is 1.48 bits per heavy atom. The molecule has 0 aromatic heterocycles. The molecule has 0 radical (unpaired) electrons. The number of aliphatic carboxylic acids is 1. The monoisotopic (exact) mass is 301 g/mol. The van der Waals surface area contributed by atoms with Gasteiger partial charge in [0.25, 0.3) is 0 Å². The predicted octanol–water partition coefficient (Wildman–Crippen LogP) is 5.52. The number of nitrogens with two attached hydrogens (primary N) is 1. The molecule has 0 heterocycles. The molecular formula is C18H39NO2. The molecule has 0 saturated carbocycles. The largest absolute Gasteiger partial charge is 0.481 e. The van der Waals surface area contributed by atoms with Gasteiger partial charge in [0.15, 0.2) is 0 Å². The van der Waals surface area contributed by atoms with Gasteiger partial charge in [-0.05, 0) is 19.4 Å². The summed E-state index contributed by atoms with van der Waals surface area (Å²) in [5.41, 5.74) is 5.39. The van der Waals surface area contributed by atoms with Gasteiger partial charge in [0.05, 0.1) is 0 Å². The lowest BCUT2D eigenvalue weighted by Gasteiger charge is -1.99. The SMILES string of the molecule is CCCCCCCC(=O)O.CCCCCCCCCCN. The Balaban J connectivity index is 0. The van der Waals surface area contributed by atoms with E-state index in [-0.39, 0.29) is 0 Å². The fourth-order valence-corrected chi connectivity index (χ4v) is 2.16.